The molecule has 2 aromatic rings. The van der Waals surface area contributed by atoms with Gasteiger partial charge in [-0.05, 0) is 12.1 Å². The van der Waals surface area contributed by atoms with Crippen molar-refractivity contribution in [3.63, 3.8) is 0 Å². The van der Waals surface area contributed by atoms with Crippen LogP contribution in [0.25, 0.3) is 11.0 Å². The summed E-state index contributed by atoms with van der Waals surface area (Å²) in [6, 6.07) is 6.26. The molecule has 0 radical (unpaired) electrons. The van der Waals surface area contributed by atoms with Crippen LogP contribution >= 0.6 is 11.8 Å². The van der Waals surface area contributed by atoms with E-state index in [0.29, 0.717) is 5.39 Å². The molecule has 0 aliphatic carbocycles. The van der Waals surface area contributed by atoms with Crippen LogP contribution in [0.2, 0.25) is 0 Å². The van der Waals surface area contributed by atoms with Gasteiger partial charge in [-0.2, -0.15) is 0 Å². The van der Waals surface area contributed by atoms with Crippen LogP contribution in [0.5, 0.6) is 0 Å². The van der Waals surface area contributed by atoms with E-state index >= 15 is 0 Å². The third kappa shape index (κ3) is 2.58. The molecule has 0 atom stereocenters. The lowest BCUT2D eigenvalue weighted by atomic mass is 10.2. The summed E-state index contributed by atoms with van der Waals surface area (Å²) in [6.07, 6.45) is 0. The number of nitrogens with zero attached hydrogens (tertiary/aromatic N) is 1. The van der Waals surface area contributed by atoms with Gasteiger partial charge in [-0.3, -0.25) is 14.9 Å². The van der Waals surface area contributed by atoms with E-state index in [0.717, 1.165) is 11.8 Å². The highest BCUT2D eigenvalue weighted by Crippen LogP contribution is 2.33. The molecule has 1 aromatic carbocycles. The molecule has 19 heavy (non-hydrogen) atoms. The molecule has 2 rings (SSSR count). The largest absolute Gasteiger partial charge is 0.481 e. The van der Waals surface area contributed by atoms with Crippen molar-refractivity contribution < 1.29 is 19.2 Å². The summed E-state index contributed by atoms with van der Waals surface area (Å²) in [4.78, 5) is 32.2. The molecule has 0 spiro atoms. The fourth-order valence-electron chi connectivity index (χ4n) is 1.55. The maximum absolute atomic E-state index is 11.6. The minimum absolute atomic E-state index is 0.0132. The number of rotatable bonds is 4. The van der Waals surface area contributed by atoms with Gasteiger partial charge < -0.3 is 9.52 Å². The number of aliphatic carboxylic acids is 1. The molecule has 0 unspecified atom stereocenters. The summed E-state index contributed by atoms with van der Waals surface area (Å²) in [5.74, 6) is -1.51. The number of nitro groups is 1. The van der Waals surface area contributed by atoms with Crippen LogP contribution in [0, 0.1) is 10.1 Å². The van der Waals surface area contributed by atoms with Gasteiger partial charge in [0.15, 0.2) is 0 Å². The highest BCUT2D eigenvalue weighted by atomic mass is 32.2. The number of fused-ring (bicyclic) bond motifs is 1. The van der Waals surface area contributed by atoms with Crippen molar-refractivity contribution in [1.82, 2.24) is 0 Å². The first-order valence-corrected chi connectivity index (χ1v) is 6.04. The Hall–Kier alpha value is -2.35. The van der Waals surface area contributed by atoms with E-state index in [9.17, 15) is 19.7 Å². The van der Waals surface area contributed by atoms with Crippen molar-refractivity contribution in [2.45, 2.75) is 4.90 Å². The predicted octanol–water partition coefficient (Wildman–Crippen LogP) is 1.88. The first kappa shape index (κ1) is 13.1. The highest BCUT2D eigenvalue weighted by molar-refractivity contribution is 8.00. The maximum atomic E-state index is 11.6. The summed E-state index contributed by atoms with van der Waals surface area (Å²) in [6.45, 7) is 0. The van der Waals surface area contributed by atoms with E-state index in [1.807, 2.05) is 0 Å². The number of hydrogen-bond acceptors (Lipinski definition) is 6. The fraction of sp³-hybridized carbons (Fsp3) is 0.0909. The first-order valence-electron chi connectivity index (χ1n) is 5.05. The molecule has 1 aromatic heterocycles. The van der Waals surface area contributed by atoms with E-state index in [4.69, 9.17) is 9.52 Å². The van der Waals surface area contributed by atoms with E-state index < -0.39 is 22.2 Å². The lowest BCUT2D eigenvalue weighted by Crippen LogP contribution is -2.09. The molecular weight excluding hydrogens is 274 g/mol. The average Bonchev–Trinajstić information content (AvgIpc) is 2.34. The normalized spacial score (nSPS) is 10.5. The average molecular weight is 281 g/mol. The topological polar surface area (TPSA) is 111 Å². The van der Waals surface area contributed by atoms with Crippen LogP contribution in [0.3, 0.4) is 0 Å². The summed E-state index contributed by atoms with van der Waals surface area (Å²) < 4.78 is 4.84. The Morgan fingerprint density at radius 2 is 2.11 bits per heavy atom. The second kappa shape index (κ2) is 5.11. The van der Waals surface area contributed by atoms with Crippen molar-refractivity contribution >= 4 is 34.4 Å². The molecule has 1 N–H and O–H groups in total. The van der Waals surface area contributed by atoms with Gasteiger partial charge in [0.1, 0.15) is 10.5 Å². The van der Waals surface area contributed by atoms with Gasteiger partial charge in [-0.1, -0.05) is 12.1 Å². The predicted molar refractivity (Wildman–Crippen MR) is 67.5 cm³/mol. The summed E-state index contributed by atoms with van der Waals surface area (Å²) in [5, 5.41) is 19.9. The number of carbonyl (C=O) groups is 1. The second-order valence-electron chi connectivity index (χ2n) is 3.50. The van der Waals surface area contributed by atoms with Crippen LogP contribution in [0.4, 0.5) is 5.69 Å². The van der Waals surface area contributed by atoms with E-state index in [1.165, 1.54) is 12.1 Å². The molecule has 98 valence electrons. The maximum Gasteiger partial charge on any atom is 0.416 e. The van der Waals surface area contributed by atoms with Gasteiger partial charge >= 0.3 is 17.3 Å². The third-order valence-corrected chi connectivity index (χ3v) is 3.36. The third-order valence-electron chi connectivity index (χ3n) is 2.27. The highest BCUT2D eigenvalue weighted by Gasteiger charge is 2.25. The van der Waals surface area contributed by atoms with Gasteiger partial charge in [0, 0.05) is 5.39 Å². The summed E-state index contributed by atoms with van der Waals surface area (Å²) in [5.41, 5.74) is -1.63. The lowest BCUT2D eigenvalue weighted by Gasteiger charge is -2.04. The monoisotopic (exact) mass is 281 g/mol. The van der Waals surface area contributed by atoms with E-state index in [-0.39, 0.29) is 16.2 Å². The van der Waals surface area contributed by atoms with Crippen LogP contribution in [-0.2, 0) is 4.79 Å². The zero-order valence-corrected chi connectivity index (χ0v) is 10.2. The second-order valence-corrected chi connectivity index (χ2v) is 4.49. The minimum Gasteiger partial charge on any atom is -0.481 e. The van der Waals surface area contributed by atoms with Gasteiger partial charge in [-0.15, -0.1) is 11.8 Å². The number of hydrogen-bond donors (Lipinski definition) is 1. The van der Waals surface area contributed by atoms with Crippen molar-refractivity contribution in [3.05, 3.63) is 44.8 Å². The van der Waals surface area contributed by atoms with Crippen LogP contribution in [0.15, 0.2) is 38.4 Å². The quantitative estimate of drug-likeness (QED) is 0.394. The van der Waals surface area contributed by atoms with Gasteiger partial charge in [0.25, 0.3) is 0 Å². The number of benzene rings is 1. The number of para-hydroxylation sites is 1. The Morgan fingerprint density at radius 1 is 1.42 bits per heavy atom. The molecule has 8 heteroatoms. The van der Waals surface area contributed by atoms with Crippen LogP contribution in [-0.4, -0.2) is 21.8 Å². The van der Waals surface area contributed by atoms with Crippen LogP contribution < -0.4 is 5.63 Å². The SMILES string of the molecule is O=C(O)CSc1c([N+](=O)[O-])c(=O)oc2ccccc12. The molecule has 0 saturated heterocycles. The van der Waals surface area contributed by atoms with Gasteiger partial charge in [0.05, 0.1) is 10.7 Å². The number of thioether (sulfide) groups is 1. The molecule has 7 nitrogen and oxygen atoms in total. The molecule has 0 saturated carbocycles. The minimum atomic E-state index is -1.13. The van der Waals surface area contributed by atoms with Gasteiger partial charge in [0.2, 0.25) is 0 Å². The van der Waals surface area contributed by atoms with Crippen molar-refractivity contribution in [1.29, 1.82) is 0 Å². The fourth-order valence-corrected chi connectivity index (χ4v) is 2.44. The smallest absolute Gasteiger partial charge is 0.416 e. The van der Waals surface area contributed by atoms with Gasteiger partial charge in [-0.25, -0.2) is 4.79 Å². The Balaban J connectivity index is 2.72. The van der Waals surface area contributed by atoms with Crippen molar-refractivity contribution in [2.24, 2.45) is 0 Å². The van der Waals surface area contributed by atoms with Crippen LogP contribution in [0.1, 0.15) is 0 Å². The van der Waals surface area contributed by atoms with Crippen molar-refractivity contribution in [3.8, 4) is 0 Å². The Morgan fingerprint density at radius 3 is 2.74 bits per heavy atom. The Kier molecular flexibility index (Phi) is 3.52. The Bertz CT molecular complexity index is 723. The van der Waals surface area contributed by atoms with E-state index in [1.54, 1.807) is 12.1 Å². The lowest BCUT2D eigenvalue weighted by molar-refractivity contribution is -0.390. The summed E-state index contributed by atoms with van der Waals surface area (Å²) in [7, 11) is 0. The molecule has 0 bridgehead atoms. The number of carboxylic acids is 1. The zero-order chi connectivity index (χ0) is 14.0. The summed E-state index contributed by atoms with van der Waals surface area (Å²) >= 11 is 0.726. The molecule has 1 heterocycles. The Labute approximate surface area is 110 Å². The first-order chi connectivity index (χ1) is 9.00. The zero-order valence-electron chi connectivity index (χ0n) is 9.36. The molecule has 0 fully saturated rings. The standard InChI is InChI=1S/C11H7NO6S/c13-8(14)5-19-10-6-3-1-2-4-7(6)18-11(15)9(10)12(16)17/h1-4H,5H2,(H,13,14). The number of carboxylic acid groups (broad SMARTS) is 1. The molecular formula is C11H7NO6S. The molecule has 0 aliphatic rings. The molecule has 0 amide bonds. The van der Waals surface area contributed by atoms with E-state index in [2.05, 4.69) is 0 Å². The van der Waals surface area contributed by atoms with Crippen molar-refractivity contribution in [2.75, 3.05) is 5.75 Å². The molecule has 0 aliphatic heterocycles.